The van der Waals surface area contributed by atoms with Gasteiger partial charge in [-0.1, -0.05) is 76.0 Å². The average molecular weight is 341 g/mol. The van der Waals surface area contributed by atoms with Gasteiger partial charge < -0.3 is 4.57 Å². The topological polar surface area (TPSA) is 4.93 Å². The van der Waals surface area contributed by atoms with Crippen LogP contribution < -0.4 is 10.6 Å². The summed E-state index contributed by atoms with van der Waals surface area (Å²) in [5.41, 5.74) is 7.05. The molecule has 132 valence electrons. The second kappa shape index (κ2) is 7.21. The molecule has 1 heteroatoms. The molecule has 0 aliphatic carbocycles. The molecule has 0 atom stereocenters. The summed E-state index contributed by atoms with van der Waals surface area (Å²) in [4.78, 5) is 0. The minimum atomic E-state index is 0.944. The highest BCUT2D eigenvalue weighted by Gasteiger charge is 2.12. The van der Waals surface area contributed by atoms with Crippen molar-refractivity contribution in [3.05, 3.63) is 83.4 Å². The van der Waals surface area contributed by atoms with E-state index < -0.39 is 0 Å². The van der Waals surface area contributed by atoms with Gasteiger partial charge in [-0.3, -0.25) is 0 Å². The van der Waals surface area contributed by atoms with Crippen LogP contribution in [0.3, 0.4) is 0 Å². The fraction of sp³-hybridized carbons (Fsp3) is 0.200. The van der Waals surface area contributed by atoms with Gasteiger partial charge in [0.25, 0.3) is 0 Å². The second-order valence-electron chi connectivity index (χ2n) is 6.78. The van der Waals surface area contributed by atoms with Crippen LogP contribution in [0.25, 0.3) is 34.3 Å². The molecule has 0 aliphatic heterocycles. The van der Waals surface area contributed by atoms with Crippen molar-refractivity contribution in [1.29, 1.82) is 0 Å². The molecule has 1 heterocycles. The summed E-state index contributed by atoms with van der Waals surface area (Å²) < 4.78 is 2.18. The van der Waals surface area contributed by atoms with E-state index in [1.165, 1.54) is 27.3 Å². The summed E-state index contributed by atoms with van der Waals surface area (Å²) in [5.74, 6) is 0. The number of hydrogen-bond donors (Lipinski definition) is 0. The first-order valence-electron chi connectivity index (χ1n) is 9.25. The number of fused-ring (bicyclic) bond motifs is 1. The summed E-state index contributed by atoms with van der Waals surface area (Å²) in [6.45, 7) is 19.2. The number of benzene rings is 2. The highest BCUT2D eigenvalue weighted by molar-refractivity contribution is 5.90. The summed E-state index contributed by atoms with van der Waals surface area (Å²) >= 11 is 0. The quantitative estimate of drug-likeness (QED) is 0.571. The van der Waals surface area contributed by atoms with Gasteiger partial charge in [-0.25, -0.2) is 0 Å². The van der Waals surface area contributed by atoms with Gasteiger partial charge in [0.1, 0.15) is 0 Å². The van der Waals surface area contributed by atoms with E-state index in [-0.39, 0.29) is 0 Å². The molecule has 0 saturated heterocycles. The predicted molar refractivity (Wildman–Crippen MR) is 116 cm³/mol. The van der Waals surface area contributed by atoms with Gasteiger partial charge in [0.05, 0.1) is 5.52 Å². The fourth-order valence-corrected chi connectivity index (χ4v) is 3.70. The standard InChI is InChI=1S/C25H27N/c1-7-18(5)21-14-15-23-24(16-21)26(17(3)4)19(6)25(23)22(8-2)20-12-10-9-11-13-20/h9-16H,3,5-8H2,1-2,4H3/b25-22+. The largest absolute Gasteiger partial charge is 0.314 e. The van der Waals surface area contributed by atoms with Crippen molar-refractivity contribution < 1.29 is 0 Å². The Morgan fingerprint density at radius 1 is 0.923 bits per heavy atom. The van der Waals surface area contributed by atoms with Crippen molar-refractivity contribution in [1.82, 2.24) is 4.57 Å². The maximum absolute atomic E-state index is 4.43. The van der Waals surface area contributed by atoms with Crippen molar-refractivity contribution >= 4 is 34.3 Å². The number of allylic oxidation sites excluding steroid dienone is 2. The van der Waals surface area contributed by atoms with Crippen molar-refractivity contribution in [2.45, 2.75) is 33.6 Å². The fourth-order valence-electron chi connectivity index (χ4n) is 3.70. The summed E-state index contributed by atoms with van der Waals surface area (Å²) in [7, 11) is 0. The summed E-state index contributed by atoms with van der Waals surface area (Å²) in [6.07, 6.45) is 1.89. The zero-order valence-corrected chi connectivity index (χ0v) is 16.1. The number of rotatable bonds is 5. The number of nitrogens with zero attached hydrogens (tertiary/aromatic N) is 1. The first-order chi connectivity index (χ1) is 12.5. The van der Waals surface area contributed by atoms with Crippen LogP contribution in [0.1, 0.15) is 44.7 Å². The Morgan fingerprint density at radius 3 is 2.19 bits per heavy atom. The van der Waals surface area contributed by atoms with Crippen molar-refractivity contribution in [2.24, 2.45) is 0 Å². The minimum absolute atomic E-state index is 0.944. The van der Waals surface area contributed by atoms with Crippen molar-refractivity contribution in [3.63, 3.8) is 0 Å². The second-order valence-corrected chi connectivity index (χ2v) is 6.78. The zero-order valence-electron chi connectivity index (χ0n) is 16.1. The average Bonchev–Trinajstić information content (AvgIpc) is 2.94. The van der Waals surface area contributed by atoms with E-state index in [4.69, 9.17) is 0 Å². The van der Waals surface area contributed by atoms with Gasteiger partial charge in [-0.05, 0) is 48.1 Å². The van der Waals surface area contributed by atoms with E-state index in [2.05, 4.69) is 86.7 Å². The molecule has 0 bridgehead atoms. The number of hydrogen-bond acceptors (Lipinski definition) is 0. The van der Waals surface area contributed by atoms with E-state index in [9.17, 15) is 0 Å². The van der Waals surface area contributed by atoms with Crippen LogP contribution in [0.5, 0.6) is 0 Å². The van der Waals surface area contributed by atoms with E-state index in [0.29, 0.717) is 0 Å². The van der Waals surface area contributed by atoms with E-state index >= 15 is 0 Å². The molecule has 0 spiro atoms. The first-order valence-corrected chi connectivity index (χ1v) is 9.25. The normalized spacial score (nSPS) is 12.3. The molecule has 0 amide bonds. The first kappa shape index (κ1) is 18.0. The van der Waals surface area contributed by atoms with Gasteiger partial charge in [0.15, 0.2) is 0 Å². The van der Waals surface area contributed by atoms with Crippen LogP contribution in [0.2, 0.25) is 0 Å². The molecule has 2 aromatic carbocycles. The van der Waals surface area contributed by atoms with E-state index in [1.807, 2.05) is 6.92 Å². The van der Waals surface area contributed by atoms with Crippen molar-refractivity contribution in [2.75, 3.05) is 0 Å². The maximum atomic E-state index is 4.43. The van der Waals surface area contributed by atoms with Gasteiger partial charge in [0.2, 0.25) is 0 Å². The molecule has 0 fully saturated rings. The SMILES string of the molecule is C=C(CC)c1ccc2/c(=C(\CC)c3ccccc3)c(=C)n(C(=C)C)c2c1. The van der Waals surface area contributed by atoms with Crippen molar-refractivity contribution in [3.8, 4) is 0 Å². The predicted octanol–water partition coefficient (Wildman–Crippen LogP) is 5.57. The highest BCUT2D eigenvalue weighted by Crippen LogP contribution is 2.23. The van der Waals surface area contributed by atoms with Gasteiger partial charge >= 0.3 is 0 Å². The van der Waals surface area contributed by atoms with E-state index in [1.54, 1.807) is 0 Å². The van der Waals surface area contributed by atoms with Crippen LogP contribution in [0.15, 0.2) is 61.7 Å². The van der Waals surface area contributed by atoms with Crippen LogP contribution in [0, 0.1) is 0 Å². The highest BCUT2D eigenvalue weighted by atomic mass is 15.0. The molecule has 0 saturated carbocycles. The van der Waals surface area contributed by atoms with E-state index in [0.717, 1.165) is 35.0 Å². The Balaban J connectivity index is 2.50. The molecular weight excluding hydrogens is 314 g/mol. The molecule has 1 nitrogen and oxygen atoms in total. The Hall–Kier alpha value is -2.80. The Morgan fingerprint density at radius 2 is 1.62 bits per heavy atom. The lowest BCUT2D eigenvalue weighted by atomic mass is 9.98. The van der Waals surface area contributed by atoms with Gasteiger partial charge in [-0.15, -0.1) is 0 Å². The van der Waals surface area contributed by atoms with Gasteiger partial charge in [-0.2, -0.15) is 0 Å². The van der Waals surface area contributed by atoms with Gasteiger partial charge in [0, 0.05) is 21.7 Å². The lowest BCUT2D eigenvalue weighted by molar-refractivity contribution is 1.09. The molecule has 0 aliphatic rings. The van der Waals surface area contributed by atoms with Crippen LogP contribution in [-0.4, -0.2) is 4.57 Å². The summed E-state index contributed by atoms with van der Waals surface area (Å²) in [5, 5.41) is 3.46. The molecular formula is C25H27N. The Labute approximate surface area is 156 Å². The number of aromatic nitrogens is 1. The molecule has 3 aromatic rings. The monoisotopic (exact) mass is 341 g/mol. The third kappa shape index (κ3) is 2.94. The molecule has 0 radical (unpaired) electrons. The lowest BCUT2D eigenvalue weighted by Crippen LogP contribution is -2.29. The summed E-state index contributed by atoms with van der Waals surface area (Å²) in [6, 6.07) is 17.2. The van der Waals surface area contributed by atoms with Crippen LogP contribution in [0.4, 0.5) is 0 Å². The lowest BCUT2D eigenvalue weighted by Gasteiger charge is -2.07. The molecule has 26 heavy (non-hydrogen) atoms. The zero-order chi connectivity index (χ0) is 18.8. The molecule has 0 unspecified atom stereocenters. The third-order valence-electron chi connectivity index (χ3n) is 5.06. The van der Waals surface area contributed by atoms with Crippen LogP contribution in [-0.2, 0) is 0 Å². The smallest absolute Gasteiger partial charge is 0.0543 e. The Bertz CT molecular complexity index is 1090. The molecule has 0 N–H and O–H groups in total. The Kier molecular flexibility index (Phi) is 4.99. The minimum Gasteiger partial charge on any atom is -0.314 e. The third-order valence-corrected chi connectivity index (χ3v) is 5.06. The molecule has 3 rings (SSSR count). The molecule has 1 aromatic heterocycles. The van der Waals surface area contributed by atoms with Crippen LogP contribution >= 0.6 is 0 Å². The maximum Gasteiger partial charge on any atom is 0.0543 e.